The Morgan fingerprint density at radius 1 is 0.400 bits per heavy atom. The Morgan fingerprint density at radius 3 is 0.640 bits per heavy atom. The van der Waals surface area contributed by atoms with Gasteiger partial charge in [-0.2, -0.15) is 0 Å². The zero-order valence-electron chi connectivity index (χ0n) is 18.5. The molecule has 0 aromatic heterocycles. The Balaban J connectivity index is 0.000000339. The maximum absolute atomic E-state index is 2.34. The third-order valence-corrected chi connectivity index (χ3v) is 7.03. The van der Waals surface area contributed by atoms with Gasteiger partial charge in [0, 0.05) is 41.3 Å². The summed E-state index contributed by atoms with van der Waals surface area (Å²) in [6.45, 7) is 14.1. The molecule has 1 radical (unpaired) electrons. The average Bonchev–Trinajstić information content (AvgIpc) is 3.29. The molecule has 0 spiro atoms. The molecule has 0 N–H and O–H groups in total. The van der Waals surface area contributed by atoms with Crippen molar-refractivity contribution in [3.63, 3.8) is 0 Å². The van der Waals surface area contributed by atoms with Gasteiger partial charge < -0.3 is 0 Å². The molecule has 3 aliphatic rings. The minimum Gasteiger partial charge on any atom is -0.0625 e. The molecule has 0 aromatic carbocycles. The van der Waals surface area contributed by atoms with Gasteiger partial charge >= 0.3 is 0 Å². The second-order valence-corrected chi connectivity index (χ2v) is 9.87. The van der Waals surface area contributed by atoms with Crippen molar-refractivity contribution in [2.24, 2.45) is 35.5 Å². The maximum Gasteiger partial charge on any atom is 0 e. The van der Waals surface area contributed by atoms with Gasteiger partial charge in [0.2, 0.25) is 0 Å². The standard InChI is InChI=1S/3C8H16.Pr/c3*1-7(2)8-5-3-4-6-8;/h3*7-8H,3-6H2,1-2H3;. The van der Waals surface area contributed by atoms with Crippen LogP contribution in [0.2, 0.25) is 0 Å². The van der Waals surface area contributed by atoms with Gasteiger partial charge in [0.1, 0.15) is 0 Å². The van der Waals surface area contributed by atoms with Crippen LogP contribution in [-0.2, 0) is 0 Å². The average molecular weight is 478 g/mol. The topological polar surface area (TPSA) is 0 Å². The van der Waals surface area contributed by atoms with Crippen LogP contribution in [0, 0.1) is 76.8 Å². The van der Waals surface area contributed by atoms with Gasteiger partial charge in [0.25, 0.3) is 0 Å². The first-order valence-corrected chi connectivity index (χ1v) is 11.4. The first kappa shape index (κ1) is 26.4. The molecular formula is C24H48Pr. The van der Waals surface area contributed by atoms with Crippen molar-refractivity contribution in [2.75, 3.05) is 0 Å². The molecule has 0 amide bonds. The normalized spacial score (nSPS) is 22.0. The van der Waals surface area contributed by atoms with Crippen LogP contribution in [0.25, 0.3) is 0 Å². The quantitative estimate of drug-likeness (QED) is 0.382. The number of hydrogen-bond donors (Lipinski definition) is 0. The molecule has 1 heteroatoms. The van der Waals surface area contributed by atoms with E-state index in [4.69, 9.17) is 0 Å². The van der Waals surface area contributed by atoms with Crippen LogP contribution in [0.15, 0.2) is 0 Å². The van der Waals surface area contributed by atoms with E-state index in [1.807, 2.05) is 0 Å². The van der Waals surface area contributed by atoms with Gasteiger partial charge in [-0.05, 0) is 35.5 Å². The Labute approximate surface area is 194 Å². The molecule has 0 aliphatic heterocycles. The van der Waals surface area contributed by atoms with Crippen molar-refractivity contribution < 1.29 is 41.3 Å². The predicted molar refractivity (Wildman–Crippen MR) is 110 cm³/mol. The van der Waals surface area contributed by atoms with Gasteiger partial charge in [-0.15, -0.1) is 0 Å². The molecule has 3 rings (SSSR count). The minimum absolute atomic E-state index is 0. The largest absolute Gasteiger partial charge is 0.0625 e. The van der Waals surface area contributed by atoms with Crippen LogP contribution >= 0.6 is 0 Å². The van der Waals surface area contributed by atoms with Gasteiger partial charge in [-0.3, -0.25) is 0 Å². The molecule has 0 heterocycles. The molecule has 3 fully saturated rings. The van der Waals surface area contributed by atoms with Crippen LogP contribution in [-0.4, -0.2) is 0 Å². The summed E-state index contributed by atoms with van der Waals surface area (Å²) in [6.07, 6.45) is 17.9. The fraction of sp³-hybridized carbons (Fsp3) is 1.00. The summed E-state index contributed by atoms with van der Waals surface area (Å²) in [5.41, 5.74) is 0. The molecule has 3 aliphatic carbocycles. The zero-order valence-corrected chi connectivity index (χ0v) is 22.2. The van der Waals surface area contributed by atoms with Crippen LogP contribution in [0.4, 0.5) is 0 Å². The minimum atomic E-state index is 0. The second kappa shape index (κ2) is 15.3. The van der Waals surface area contributed by atoms with E-state index in [1.165, 1.54) is 77.0 Å². The van der Waals surface area contributed by atoms with E-state index in [0.29, 0.717) is 0 Å². The molecule has 0 nitrogen and oxygen atoms in total. The molecular weight excluding hydrogens is 429 g/mol. The van der Waals surface area contributed by atoms with E-state index in [-0.39, 0.29) is 41.3 Å². The molecule has 147 valence electrons. The van der Waals surface area contributed by atoms with Crippen LogP contribution < -0.4 is 0 Å². The smallest absolute Gasteiger partial charge is 0 e. The van der Waals surface area contributed by atoms with E-state index < -0.39 is 0 Å². The summed E-state index contributed by atoms with van der Waals surface area (Å²) in [5.74, 6) is 6.02. The van der Waals surface area contributed by atoms with Gasteiger partial charge in [0.05, 0.1) is 0 Å². The van der Waals surface area contributed by atoms with Crippen LogP contribution in [0.5, 0.6) is 0 Å². The summed E-state index contributed by atoms with van der Waals surface area (Å²) < 4.78 is 0. The fourth-order valence-corrected chi connectivity index (χ4v) is 4.87. The van der Waals surface area contributed by atoms with Gasteiger partial charge in [0.15, 0.2) is 0 Å². The van der Waals surface area contributed by atoms with Crippen LogP contribution in [0.1, 0.15) is 119 Å². The van der Waals surface area contributed by atoms with E-state index in [9.17, 15) is 0 Å². The van der Waals surface area contributed by atoms with Gasteiger partial charge in [-0.25, -0.2) is 0 Å². The van der Waals surface area contributed by atoms with Crippen LogP contribution in [0.3, 0.4) is 0 Å². The molecule has 3 saturated carbocycles. The zero-order chi connectivity index (χ0) is 17.9. The van der Waals surface area contributed by atoms with Crippen molar-refractivity contribution in [3.8, 4) is 0 Å². The molecule has 0 atom stereocenters. The Kier molecular flexibility index (Phi) is 16.1. The SMILES string of the molecule is CC(C)C1CCCC1.CC(C)C1CCCC1.CC(C)C1CCCC1.[Pr]. The monoisotopic (exact) mass is 477 g/mol. The Morgan fingerprint density at radius 2 is 0.560 bits per heavy atom. The summed E-state index contributed by atoms with van der Waals surface area (Å²) >= 11 is 0. The third-order valence-electron chi connectivity index (χ3n) is 7.03. The summed E-state index contributed by atoms with van der Waals surface area (Å²) in [4.78, 5) is 0. The molecule has 25 heavy (non-hydrogen) atoms. The van der Waals surface area contributed by atoms with Crippen molar-refractivity contribution in [1.29, 1.82) is 0 Å². The van der Waals surface area contributed by atoms with E-state index >= 15 is 0 Å². The molecule has 0 unspecified atom stereocenters. The first-order valence-electron chi connectivity index (χ1n) is 11.4. The van der Waals surface area contributed by atoms with Gasteiger partial charge in [-0.1, -0.05) is 119 Å². The Bertz CT molecular complexity index is 229. The Hall–Kier alpha value is 1.36. The summed E-state index contributed by atoms with van der Waals surface area (Å²) in [5, 5.41) is 0. The fourth-order valence-electron chi connectivity index (χ4n) is 4.87. The summed E-state index contributed by atoms with van der Waals surface area (Å²) in [6, 6.07) is 0. The first-order chi connectivity index (χ1) is 11.4. The van der Waals surface area contributed by atoms with Crippen molar-refractivity contribution in [3.05, 3.63) is 0 Å². The summed E-state index contributed by atoms with van der Waals surface area (Å²) in [7, 11) is 0. The maximum atomic E-state index is 2.34. The molecule has 0 saturated heterocycles. The van der Waals surface area contributed by atoms with Crippen molar-refractivity contribution in [1.82, 2.24) is 0 Å². The predicted octanol–water partition coefficient (Wildman–Crippen LogP) is 8.50. The van der Waals surface area contributed by atoms with E-state index in [0.717, 1.165) is 35.5 Å². The number of hydrogen-bond acceptors (Lipinski definition) is 0. The third kappa shape index (κ3) is 11.7. The van der Waals surface area contributed by atoms with Crippen molar-refractivity contribution in [2.45, 2.75) is 119 Å². The second-order valence-electron chi connectivity index (χ2n) is 9.87. The number of rotatable bonds is 3. The van der Waals surface area contributed by atoms with E-state index in [2.05, 4.69) is 41.5 Å². The van der Waals surface area contributed by atoms with E-state index in [1.54, 1.807) is 0 Å². The molecule has 0 aromatic rings. The molecule has 0 bridgehead atoms. The van der Waals surface area contributed by atoms with Crippen molar-refractivity contribution >= 4 is 0 Å².